The molecule has 208 valence electrons. The molecule has 5 atom stereocenters. The van der Waals surface area contributed by atoms with Crippen molar-refractivity contribution in [3.63, 3.8) is 0 Å². The van der Waals surface area contributed by atoms with Gasteiger partial charge in [0, 0.05) is 17.1 Å². The van der Waals surface area contributed by atoms with Gasteiger partial charge < -0.3 is 42.0 Å². The first-order valence-electron chi connectivity index (χ1n) is 12.1. The second-order valence-corrected chi connectivity index (χ2v) is 9.58. The molecule has 3 amide bonds. The van der Waals surface area contributed by atoms with Crippen molar-refractivity contribution < 1.29 is 39.3 Å². The first-order valence-corrected chi connectivity index (χ1v) is 12.1. The Morgan fingerprint density at radius 2 is 1.53 bits per heavy atom. The SMILES string of the molecule is CC(C)CC(NC(=O)C(N)Cc1c[nH]c2ccccc12)C(=O)NC(CC(=O)O)C(=O)NC(C(=O)O)C(C)O. The Balaban J connectivity index is 2.14. The molecule has 0 spiro atoms. The van der Waals surface area contributed by atoms with Crippen LogP contribution in [-0.2, 0) is 30.4 Å². The zero-order chi connectivity index (χ0) is 28.6. The van der Waals surface area contributed by atoms with Gasteiger partial charge in [0.25, 0.3) is 0 Å². The van der Waals surface area contributed by atoms with Gasteiger partial charge in [-0.1, -0.05) is 32.0 Å². The molecule has 1 aromatic heterocycles. The van der Waals surface area contributed by atoms with Crippen LogP contribution in [0.3, 0.4) is 0 Å². The fraction of sp³-hybridized carbons (Fsp3) is 0.480. The lowest BCUT2D eigenvalue weighted by Crippen LogP contribution is -2.59. The highest BCUT2D eigenvalue weighted by Crippen LogP contribution is 2.19. The summed E-state index contributed by atoms with van der Waals surface area (Å²) in [5, 5.41) is 35.8. The zero-order valence-electron chi connectivity index (χ0n) is 21.4. The van der Waals surface area contributed by atoms with Gasteiger partial charge in [-0.15, -0.1) is 0 Å². The number of carbonyl (C=O) groups excluding carboxylic acids is 3. The molecule has 0 fully saturated rings. The van der Waals surface area contributed by atoms with E-state index < -0.39 is 66.4 Å². The normalized spacial score (nSPS) is 15.2. The number of aliphatic carboxylic acids is 2. The summed E-state index contributed by atoms with van der Waals surface area (Å²) in [6, 6.07) is 1.98. The van der Waals surface area contributed by atoms with Crippen molar-refractivity contribution in [1.29, 1.82) is 0 Å². The van der Waals surface area contributed by atoms with E-state index in [1.54, 1.807) is 20.0 Å². The Labute approximate surface area is 219 Å². The molecule has 13 nitrogen and oxygen atoms in total. The van der Waals surface area contributed by atoms with Gasteiger partial charge in [-0.25, -0.2) is 4.79 Å². The molecule has 0 bridgehead atoms. The lowest BCUT2D eigenvalue weighted by molar-refractivity contribution is -0.146. The number of benzene rings is 1. The quantitative estimate of drug-likeness (QED) is 0.156. The maximum Gasteiger partial charge on any atom is 0.328 e. The average Bonchev–Trinajstić information content (AvgIpc) is 3.23. The molecule has 9 N–H and O–H groups in total. The number of carboxylic acid groups (broad SMARTS) is 2. The van der Waals surface area contributed by atoms with Crippen LogP contribution in [0.25, 0.3) is 10.9 Å². The standard InChI is InChI=1S/C25H35N5O8/c1-12(2)8-18(28-22(34)16(26)9-14-11-27-17-7-5-4-6-15(14)17)23(35)29-19(10-20(32)33)24(36)30-21(13(3)31)25(37)38/h4-7,11-13,16,18-19,21,27,31H,8-10,26H2,1-3H3,(H,28,34)(H,29,35)(H,30,36)(H,32,33)(H,37,38). The zero-order valence-corrected chi connectivity index (χ0v) is 21.4. The molecule has 2 aromatic rings. The first kappa shape index (κ1) is 30.3. The highest BCUT2D eigenvalue weighted by atomic mass is 16.4. The van der Waals surface area contributed by atoms with Crippen LogP contribution in [0.15, 0.2) is 30.5 Å². The number of para-hydroxylation sites is 1. The van der Waals surface area contributed by atoms with Gasteiger partial charge in [-0.3, -0.25) is 19.2 Å². The van der Waals surface area contributed by atoms with E-state index in [4.69, 9.17) is 5.73 Å². The van der Waals surface area contributed by atoms with Crippen molar-refractivity contribution in [3.05, 3.63) is 36.0 Å². The number of rotatable bonds is 14. The van der Waals surface area contributed by atoms with Crippen LogP contribution in [0, 0.1) is 5.92 Å². The Morgan fingerprint density at radius 3 is 2.11 bits per heavy atom. The highest BCUT2D eigenvalue weighted by Gasteiger charge is 2.33. The van der Waals surface area contributed by atoms with Crippen molar-refractivity contribution in [3.8, 4) is 0 Å². The van der Waals surface area contributed by atoms with Crippen molar-refractivity contribution in [2.24, 2.45) is 11.7 Å². The number of carbonyl (C=O) groups is 5. The van der Waals surface area contributed by atoms with Gasteiger partial charge >= 0.3 is 11.9 Å². The summed E-state index contributed by atoms with van der Waals surface area (Å²) in [7, 11) is 0. The summed E-state index contributed by atoms with van der Waals surface area (Å²) >= 11 is 0. The van der Waals surface area contributed by atoms with E-state index in [1.807, 2.05) is 29.6 Å². The summed E-state index contributed by atoms with van der Waals surface area (Å²) in [6.45, 7) is 4.75. The number of fused-ring (bicyclic) bond motifs is 1. The van der Waals surface area contributed by atoms with E-state index in [1.165, 1.54) is 0 Å². The summed E-state index contributed by atoms with van der Waals surface area (Å²) in [6.07, 6.45) is -0.241. The molecular weight excluding hydrogens is 498 g/mol. The van der Waals surface area contributed by atoms with Gasteiger partial charge in [-0.2, -0.15) is 0 Å². The van der Waals surface area contributed by atoms with Crippen LogP contribution in [0.5, 0.6) is 0 Å². The van der Waals surface area contributed by atoms with E-state index in [9.17, 15) is 39.3 Å². The van der Waals surface area contributed by atoms with Crippen molar-refractivity contribution in [1.82, 2.24) is 20.9 Å². The van der Waals surface area contributed by atoms with E-state index in [-0.39, 0.29) is 18.8 Å². The third kappa shape index (κ3) is 8.56. The lowest BCUT2D eigenvalue weighted by Gasteiger charge is -2.26. The van der Waals surface area contributed by atoms with Crippen LogP contribution in [0.4, 0.5) is 0 Å². The average molecular weight is 534 g/mol. The van der Waals surface area contributed by atoms with Gasteiger partial charge in [0.2, 0.25) is 17.7 Å². The number of H-pyrrole nitrogens is 1. The molecule has 1 heterocycles. The number of nitrogens with two attached hydrogens (primary N) is 1. The van der Waals surface area contributed by atoms with Crippen LogP contribution < -0.4 is 21.7 Å². The largest absolute Gasteiger partial charge is 0.481 e. The maximum absolute atomic E-state index is 13.1. The first-order chi connectivity index (χ1) is 17.8. The van der Waals surface area contributed by atoms with Crippen LogP contribution in [0.2, 0.25) is 0 Å². The maximum atomic E-state index is 13.1. The van der Waals surface area contributed by atoms with Gasteiger partial charge in [0.15, 0.2) is 6.04 Å². The van der Waals surface area contributed by atoms with Crippen molar-refractivity contribution >= 4 is 40.6 Å². The fourth-order valence-corrected chi connectivity index (χ4v) is 3.91. The summed E-state index contributed by atoms with van der Waals surface area (Å²) < 4.78 is 0. The fourth-order valence-electron chi connectivity index (χ4n) is 3.91. The third-order valence-electron chi connectivity index (χ3n) is 5.85. The molecule has 0 radical (unpaired) electrons. The van der Waals surface area contributed by atoms with Crippen molar-refractivity contribution in [2.45, 2.75) is 70.3 Å². The van der Waals surface area contributed by atoms with Crippen LogP contribution in [-0.4, -0.2) is 80.2 Å². The monoisotopic (exact) mass is 533 g/mol. The number of hydrogen-bond acceptors (Lipinski definition) is 7. The Kier molecular flexibility index (Phi) is 10.8. The molecule has 13 heteroatoms. The number of nitrogens with one attached hydrogen (secondary N) is 4. The number of aromatic nitrogens is 1. The number of amides is 3. The molecule has 2 rings (SSSR count). The van der Waals surface area contributed by atoms with E-state index in [0.29, 0.717) is 0 Å². The second-order valence-electron chi connectivity index (χ2n) is 9.58. The van der Waals surface area contributed by atoms with Gasteiger partial charge in [0.1, 0.15) is 12.1 Å². The molecule has 1 aromatic carbocycles. The molecule has 0 saturated carbocycles. The summed E-state index contributed by atoms with van der Waals surface area (Å²) in [5.41, 5.74) is 7.83. The van der Waals surface area contributed by atoms with Crippen LogP contribution in [0.1, 0.15) is 39.2 Å². The van der Waals surface area contributed by atoms with Gasteiger partial charge in [0.05, 0.1) is 18.6 Å². The molecule has 5 unspecified atom stereocenters. The Morgan fingerprint density at radius 1 is 0.921 bits per heavy atom. The lowest BCUT2D eigenvalue weighted by atomic mass is 10.0. The summed E-state index contributed by atoms with van der Waals surface area (Å²) in [4.78, 5) is 64.3. The minimum Gasteiger partial charge on any atom is -0.481 e. The molecule has 0 aliphatic rings. The number of aliphatic hydroxyl groups excluding tert-OH is 1. The van der Waals surface area contributed by atoms with E-state index >= 15 is 0 Å². The molecule has 0 aliphatic carbocycles. The number of carboxylic acids is 2. The second kappa shape index (κ2) is 13.5. The Bertz CT molecular complexity index is 1160. The topological polar surface area (TPSA) is 224 Å². The molecule has 38 heavy (non-hydrogen) atoms. The minimum atomic E-state index is -1.72. The minimum absolute atomic E-state index is 0.0747. The van der Waals surface area contributed by atoms with E-state index in [2.05, 4.69) is 15.6 Å². The predicted octanol–water partition coefficient (Wildman–Crippen LogP) is -0.522. The summed E-state index contributed by atoms with van der Waals surface area (Å²) in [5.74, 6) is -5.61. The smallest absolute Gasteiger partial charge is 0.328 e. The molecular formula is C25H35N5O8. The highest BCUT2D eigenvalue weighted by molar-refractivity contribution is 5.96. The molecule has 0 saturated heterocycles. The number of aliphatic hydroxyl groups is 1. The predicted molar refractivity (Wildman–Crippen MR) is 137 cm³/mol. The number of hydrogen-bond donors (Lipinski definition) is 8. The van der Waals surface area contributed by atoms with Crippen molar-refractivity contribution in [2.75, 3.05) is 0 Å². The van der Waals surface area contributed by atoms with Crippen LogP contribution >= 0.6 is 0 Å². The van der Waals surface area contributed by atoms with E-state index in [0.717, 1.165) is 23.4 Å². The number of aromatic amines is 1. The Hall–Kier alpha value is -3.97. The third-order valence-corrected chi connectivity index (χ3v) is 5.85. The molecule has 0 aliphatic heterocycles. The van der Waals surface area contributed by atoms with Gasteiger partial charge in [-0.05, 0) is 37.3 Å².